The van der Waals surface area contributed by atoms with Crippen molar-refractivity contribution in [2.75, 3.05) is 38.7 Å². The first kappa shape index (κ1) is 18.5. The van der Waals surface area contributed by atoms with Crippen LogP contribution in [-0.4, -0.2) is 54.1 Å². The standard InChI is InChI=1S/C20H26N4O2/c1-15(25)23-18-7-3-5-16(13-18)19-20(22-9-8-21-19)17-6-4-10-24(14-17)11-12-26-2/h3,5,7-9,13,17H,4,6,10-12,14H2,1-2H3,(H,23,25)/t17-/m0/s1. The normalized spacial score (nSPS) is 17.8. The van der Waals surface area contributed by atoms with Crippen molar-refractivity contribution in [1.82, 2.24) is 14.9 Å². The predicted octanol–water partition coefficient (Wildman–Crippen LogP) is 2.93. The Morgan fingerprint density at radius 1 is 1.35 bits per heavy atom. The lowest BCUT2D eigenvalue weighted by Gasteiger charge is -2.32. The first-order valence-corrected chi connectivity index (χ1v) is 9.07. The van der Waals surface area contributed by atoms with Gasteiger partial charge in [0, 0.05) is 56.7 Å². The highest BCUT2D eigenvalue weighted by atomic mass is 16.5. The summed E-state index contributed by atoms with van der Waals surface area (Å²) < 4.78 is 5.22. The minimum absolute atomic E-state index is 0.0809. The number of methoxy groups -OCH3 is 1. The third-order valence-electron chi connectivity index (χ3n) is 4.69. The molecule has 1 N–H and O–H groups in total. The molecule has 1 fully saturated rings. The van der Waals surface area contributed by atoms with Gasteiger partial charge in [-0.1, -0.05) is 12.1 Å². The van der Waals surface area contributed by atoms with Crippen LogP contribution in [0.3, 0.4) is 0 Å². The zero-order valence-electron chi connectivity index (χ0n) is 15.4. The Labute approximate surface area is 154 Å². The van der Waals surface area contributed by atoms with Gasteiger partial charge >= 0.3 is 0 Å². The molecule has 0 unspecified atom stereocenters. The quantitative estimate of drug-likeness (QED) is 0.864. The van der Waals surface area contributed by atoms with Gasteiger partial charge in [0.05, 0.1) is 18.0 Å². The molecule has 0 saturated carbocycles. The maximum atomic E-state index is 11.3. The number of carbonyl (C=O) groups is 1. The van der Waals surface area contributed by atoms with E-state index in [0.29, 0.717) is 5.92 Å². The Morgan fingerprint density at radius 3 is 3.00 bits per heavy atom. The third kappa shape index (κ3) is 4.65. The van der Waals surface area contributed by atoms with E-state index in [1.807, 2.05) is 24.3 Å². The van der Waals surface area contributed by atoms with Gasteiger partial charge in [-0.2, -0.15) is 0 Å². The molecule has 26 heavy (non-hydrogen) atoms. The summed E-state index contributed by atoms with van der Waals surface area (Å²) in [6.45, 7) is 5.28. The van der Waals surface area contributed by atoms with E-state index in [0.717, 1.165) is 61.7 Å². The lowest BCUT2D eigenvalue weighted by Crippen LogP contribution is -2.37. The van der Waals surface area contributed by atoms with Crippen LogP contribution in [0.2, 0.25) is 0 Å². The number of amides is 1. The number of aromatic nitrogens is 2. The van der Waals surface area contributed by atoms with Gasteiger partial charge in [0.25, 0.3) is 0 Å². The van der Waals surface area contributed by atoms with Gasteiger partial charge in [-0.3, -0.25) is 14.8 Å². The second-order valence-electron chi connectivity index (χ2n) is 6.68. The molecule has 2 aromatic rings. The Balaban J connectivity index is 1.85. The van der Waals surface area contributed by atoms with Gasteiger partial charge in [-0.05, 0) is 31.5 Å². The molecule has 1 aliphatic rings. The van der Waals surface area contributed by atoms with Crippen molar-refractivity contribution in [3.63, 3.8) is 0 Å². The summed E-state index contributed by atoms with van der Waals surface area (Å²) in [5, 5.41) is 2.83. The zero-order chi connectivity index (χ0) is 18.4. The topological polar surface area (TPSA) is 67.3 Å². The first-order chi connectivity index (χ1) is 12.7. The van der Waals surface area contributed by atoms with Gasteiger partial charge in [0.2, 0.25) is 5.91 Å². The molecule has 1 aromatic heterocycles. The molecule has 1 aromatic carbocycles. The number of anilines is 1. The van der Waals surface area contributed by atoms with E-state index >= 15 is 0 Å². The number of nitrogens with zero attached hydrogens (tertiary/aromatic N) is 3. The van der Waals surface area contributed by atoms with Crippen molar-refractivity contribution >= 4 is 11.6 Å². The van der Waals surface area contributed by atoms with Crippen LogP contribution < -0.4 is 5.32 Å². The molecule has 0 bridgehead atoms. The summed E-state index contributed by atoms with van der Waals surface area (Å²) in [5.74, 6) is 0.274. The van der Waals surface area contributed by atoms with Crippen molar-refractivity contribution in [2.24, 2.45) is 0 Å². The Bertz CT molecular complexity index is 750. The maximum absolute atomic E-state index is 11.3. The molecular weight excluding hydrogens is 328 g/mol. The second-order valence-corrected chi connectivity index (χ2v) is 6.68. The van der Waals surface area contributed by atoms with Crippen molar-refractivity contribution < 1.29 is 9.53 Å². The maximum Gasteiger partial charge on any atom is 0.221 e. The number of hydrogen-bond acceptors (Lipinski definition) is 5. The number of ether oxygens (including phenoxy) is 1. The summed E-state index contributed by atoms with van der Waals surface area (Å²) in [6, 6.07) is 7.80. The average Bonchev–Trinajstić information content (AvgIpc) is 2.66. The van der Waals surface area contributed by atoms with Crippen molar-refractivity contribution in [3.05, 3.63) is 42.4 Å². The fourth-order valence-electron chi connectivity index (χ4n) is 3.52. The van der Waals surface area contributed by atoms with E-state index < -0.39 is 0 Å². The van der Waals surface area contributed by atoms with Crippen LogP contribution >= 0.6 is 0 Å². The molecule has 0 radical (unpaired) electrons. The van der Waals surface area contributed by atoms with Crippen LogP contribution in [0.15, 0.2) is 36.7 Å². The molecule has 138 valence electrons. The van der Waals surface area contributed by atoms with Crippen LogP contribution in [0.25, 0.3) is 11.3 Å². The molecule has 6 nitrogen and oxygen atoms in total. The molecule has 1 saturated heterocycles. The number of hydrogen-bond donors (Lipinski definition) is 1. The summed E-state index contributed by atoms with van der Waals surface area (Å²) in [6.07, 6.45) is 5.76. The fraction of sp³-hybridized carbons (Fsp3) is 0.450. The van der Waals surface area contributed by atoms with Gasteiger partial charge in [0.15, 0.2) is 0 Å². The van der Waals surface area contributed by atoms with Gasteiger partial charge < -0.3 is 15.0 Å². The third-order valence-corrected chi connectivity index (χ3v) is 4.69. The second kappa shape index (κ2) is 8.87. The van der Waals surface area contributed by atoms with Crippen LogP contribution in [0, 0.1) is 0 Å². The fourth-order valence-corrected chi connectivity index (χ4v) is 3.52. The van der Waals surface area contributed by atoms with Crippen LogP contribution in [0.4, 0.5) is 5.69 Å². The number of likely N-dealkylation sites (tertiary alicyclic amines) is 1. The molecule has 3 rings (SSSR count). The van der Waals surface area contributed by atoms with E-state index in [4.69, 9.17) is 4.74 Å². The largest absolute Gasteiger partial charge is 0.383 e. The van der Waals surface area contributed by atoms with E-state index in [1.54, 1.807) is 19.5 Å². The number of rotatable bonds is 6. The van der Waals surface area contributed by atoms with Crippen LogP contribution in [0.5, 0.6) is 0 Å². The average molecular weight is 354 g/mol. The van der Waals surface area contributed by atoms with E-state index in [2.05, 4.69) is 20.2 Å². The summed E-state index contributed by atoms with van der Waals surface area (Å²) >= 11 is 0. The number of nitrogens with one attached hydrogen (secondary N) is 1. The monoisotopic (exact) mass is 354 g/mol. The smallest absolute Gasteiger partial charge is 0.221 e. The molecule has 0 aliphatic carbocycles. The predicted molar refractivity (Wildman–Crippen MR) is 102 cm³/mol. The molecule has 0 spiro atoms. The summed E-state index contributed by atoms with van der Waals surface area (Å²) in [5.41, 5.74) is 3.69. The summed E-state index contributed by atoms with van der Waals surface area (Å²) in [4.78, 5) is 23.1. The molecule has 1 aliphatic heterocycles. The van der Waals surface area contributed by atoms with Crippen molar-refractivity contribution in [3.8, 4) is 11.3 Å². The number of benzene rings is 1. The zero-order valence-corrected chi connectivity index (χ0v) is 15.4. The molecule has 6 heteroatoms. The highest BCUT2D eigenvalue weighted by Crippen LogP contribution is 2.32. The van der Waals surface area contributed by atoms with Gasteiger partial charge in [-0.15, -0.1) is 0 Å². The van der Waals surface area contributed by atoms with Crippen molar-refractivity contribution in [1.29, 1.82) is 0 Å². The van der Waals surface area contributed by atoms with Crippen molar-refractivity contribution in [2.45, 2.75) is 25.7 Å². The molecule has 1 amide bonds. The SMILES string of the molecule is COCCN1CCC[C@H](c2nccnc2-c2cccc(NC(C)=O)c2)C1. The van der Waals surface area contributed by atoms with E-state index in [1.165, 1.54) is 6.92 Å². The lowest BCUT2D eigenvalue weighted by atomic mass is 9.91. The summed E-state index contributed by atoms with van der Waals surface area (Å²) in [7, 11) is 1.74. The van der Waals surface area contributed by atoms with Crippen LogP contribution in [0.1, 0.15) is 31.4 Å². The Kier molecular flexibility index (Phi) is 6.30. The van der Waals surface area contributed by atoms with E-state index in [-0.39, 0.29) is 5.91 Å². The van der Waals surface area contributed by atoms with Crippen LogP contribution in [-0.2, 0) is 9.53 Å². The van der Waals surface area contributed by atoms with Gasteiger partial charge in [-0.25, -0.2) is 0 Å². The lowest BCUT2D eigenvalue weighted by molar-refractivity contribution is -0.114. The Morgan fingerprint density at radius 2 is 2.19 bits per heavy atom. The first-order valence-electron chi connectivity index (χ1n) is 9.07. The highest BCUT2D eigenvalue weighted by Gasteiger charge is 2.25. The molecule has 1 atom stereocenters. The number of piperidine rings is 1. The Hall–Kier alpha value is -2.31. The molecular formula is C20H26N4O2. The molecule has 2 heterocycles. The minimum Gasteiger partial charge on any atom is -0.383 e. The van der Waals surface area contributed by atoms with Gasteiger partial charge in [0.1, 0.15) is 0 Å². The van der Waals surface area contributed by atoms with E-state index in [9.17, 15) is 4.79 Å². The number of carbonyl (C=O) groups excluding carboxylic acids is 1. The minimum atomic E-state index is -0.0809. The highest BCUT2D eigenvalue weighted by molar-refractivity contribution is 5.89.